The van der Waals surface area contributed by atoms with E-state index in [1.165, 1.54) is 25.1 Å². The molecule has 2 nitrogen and oxygen atoms in total. The second-order valence-electron chi connectivity index (χ2n) is 8.40. The summed E-state index contributed by atoms with van der Waals surface area (Å²) in [6.45, 7) is 1.50. The summed E-state index contributed by atoms with van der Waals surface area (Å²) in [6.07, 6.45) is -9.54. The van der Waals surface area contributed by atoms with E-state index in [9.17, 15) is 26.3 Å². The molecule has 5 rings (SSSR count). The van der Waals surface area contributed by atoms with E-state index < -0.39 is 40.8 Å². The summed E-state index contributed by atoms with van der Waals surface area (Å²) < 4.78 is 95.7. The van der Waals surface area contributed by atoms with Crippen LogP contribution in [0, 0.1) is 6.92 Å². The molecular weight excluding hydrogens is 482 g/mol. The molecule has 0 heterocycles. The van der Waals surface area contributed by atoms with Crippen molar-refractivity contribution < 1.29 is 35.8 Å². The summed E-state index contributed by atoms with van der Waals surface area (Å²) in [6, 6.07) is 21.4. The molecular formula is C28H18F6O2. The standard InChI is InChI=1S/C28H18F6O2/c1-17-14-15-25(23(16-17)28(32,33)34)36-26(35-24-13-7-6-12-22(24)27(29,30)31)20-10-4-2-8-18(20)19-9-3-5-11-21(19)26/h2-16H,1H3. The summed E-state index contributed by atoms with van der Waals surface area (Å²) in [7, 11) is 0. The Bertz CT molecular complexity index is 1390. The van der Waals surface area contributed by atoms with Gasteiger partial charge in [0.05, 0.1) is 11.1 Å². The fraction of sp³-hybridized carbons (Fsp3) is 0.143. The lowest BCUT2D eigenvalue weighted by atomic mass is 10.0. The third-order valence-corrected chi connectivity index (χ3v) is 5.99. The number of rotatable bonds is 4. The molecule has 0 spiro atoms. The largest absolute Gasteiger partial charge is 0.444 e. The van der Waals surface area contributed by atoms with Gasteiger partial charge in [-0.05, 0) is 42.3 Å². The highest BCUT2D eigenvalue weighted by atomic mass is 19.4. The van der Waals surface area contributed by atoms with Crippen molar-refractivity contribution in [2.75, 3.05) is 0 Å². The average molecular weight is 500 g/mol. The van der Waals surface area contributed by atoms with Gasteiger partial charge in [0, 0.05) is 11.1 Å². The number of alkyl halides is 6. The molecule has 0 saturated heterocycles. The first kappa shape index (κ1) is 23.8. The van der Waals surface area contributed by atoms with Crippen LogP contribution in [-0.2, 0) is 18.1 Å². The van der Waals surface area contributed by atoms with Gasteiger partial charge < -0.3 is 9.47 Å². The van der Waals surface area contributed by atoms with Gasteiger partial charge in [0.15, 0.2) is 0 Å². The molecule has 0 aliphatic heterocycles. The van der Waals surface area contributed by atoms with Gasteiger partial charge >= 0.3 is 18.1 Å². The number of aryl methyl sites for hydroxylation is 1. The summed E-state index contributed by atoms with van der Waals surface area (Å²) in [5, 5.41) is 0. The van der Waals surface area contributed by atoms with Crippen LogP contribution in [0.4, 0.5) is 26.3 Å². The van der Waals surface area contributed by atoms with Gasteiger partial charge in [-0.15, -0.1) is 0 Å². The molecule has 0 bridgehead atoms. The van der Waals surface area contributed by atoms with Crippen LogP contribution in [0.1, 0.15) is 27.8 Å². The molecule has 0 amide bonds. The zero-order chi connectivity index (χ0) is 25.7. The molecule has 1 aliphatic rings. The molecule has 0 aromatic heterocycles. The van der Waals surface area contributed by atoms with Crippen LogP contribution in [0.5, 0.6) is 11.5 Å². The number of hydrogen-bond donors (Lipinski definition) is 0. The minimum Gasteiger partial charge on any atom is -0.444 e. The van der Waals surface area contributed by atoms with Gasteiger partial charge in [-0.1, -0.05) is 72.3 Å². The van der Waals surface area contributed by atoms with Gasteiger partial charge in [0.2, 0.25) is 0 Å². The van der Waals surface area contributed by atoms with E-state index in [2.05, 4.69) is 0 Å². The number of benzene rings is 4. The molecule has 36 heavy (non-hydrogen) atoms. The molecule has 1 aliphatic carbocycles. The molecule has 0 radical (unpaired) electrons. The second-order valence-corrected chi connectivity index (χ2v) is 8.40. The van der Waals surface area contributed by atoms with Crippen LogP contribution in [0.3, 0.4) is 0 Å². The molecule has 0 N–H and O–H groups in total. The zero-order valence-electron chi connectivity index (χ0n) is 18.7. The number of hydrogen-bond acceptors (Lipinski definition) is 2. The minimum atomic E-state index is -4.77. The molecule has 0 saturated carbocycles. The lowest BCUT2D eigenvalue weighted by Crippen LogP contribution is -2.40. The fourth-order valence-corrected chi connectivity index (χ4v) is 4.45. The Morgan fingerprint density at radius 2 is 1.03 bits per heavy atom. The highest BCUT2D eigenvalue weighted by molar-refractivity contribution is 5.80. The Balaban J connectivity index is 1.79. The van der Waals surface area contributed by atoms with E-state index in [0.717, 1.165) is 24.3 Å². The van der Waals surface area contributed by atoms with E-state index in [1.54, 1.807) is 48.5 Å². The van der Waals surface area contributed by atoms with Gasteiger partial charge in [0.1, 0.15) is 11.5 Å². The minimum absolute atomic E-state index is 0.289. The molecule has 0 atom stereocenters. The highest BCUT2D eigenvalue weighted by Gasteiger charge is 2.51. The van der Waals surface area contributed by atoms with Crippen LogP contribution >= 0.6 is 0 Å². The van der Waals surface area contributed by atoms with E-state index in [-0.39, 0.29) is 11.1 Å². The molecule has 4 aromatic carbocycles. The maximum Gasteiger partial charge on any atom is 0.419 e. The average Bonchev–Trinajstić information content (AvgIpc) is 3.09. The first-order valence-electron chi connectivity index (χ1n) is 10.9. The Morgan fingerprint density at radius 1 is 0.556 bits per heavy atom. The molecule has 4 aromatic rings. The normalized spacial score (nSPS) is 14.2. The summed E-state index contributed by atoms with van der Waals surface area (Å²) in [5.41, 5.74) is -0.0456. The van der Waals surface area contributed by atoms with Crippen molar-refractivity contribution in [2.24, 2.45) is 0 Å². The van der Waals surface area contributed by atoms with Crippen molar-refractivity contribution in [3.05, 3.63) is 119 Å². The highest BCUT2D eigenvalue weighted by Crippen LogP contribution is 2.53. The van der Waals surface area contributed by atoms with E-state index in [1.807, 2.05) is 0 Å². The Hall–Kier alpha value is -3.94. The number of ether oxygens (including phenoxy) is 2. The smallest absolute Gasteiger partial charge is 0.419 e. The van der Waals surface area contributed by atoms with Crippen molar-refractivity contribution in [1.82, 2.24) is 0 Å². The quantitative estimate of drug-likeness (QED) is 0.207. The Morgan fingerprint density at radius 3 is 1.58 bits per heavy atom. The van der Waals surface area contributed by atoms with Crippen molar-refractivity contribution in [3.8, 4) is 22.6 Å². The van der Waals surface area contributed by atoms with E-state index in [0.29, 0.717) is 16.7 Å². The summed E-state index contributed by atoms with van der Waals surface area (Å²) in [5.74, 6) is -3.26. The Labute approximate surface area is 202 Å². The topological polar surface area (TPSA) is 18.5 Å². The predicted octanol–water partition coefficient (Wildman–Crippen LogP) is 8.37. The van der Waals surface area contributed by atoms with Gasteiger partial charge in [-0.3, -0.25) is 0 Å². The molecule has 0 fully saturated rings. The number of halogens is 6. The molecule has 8 heteroatoms. The third-order valence-electron chi connectivity index (χ3n) is 5.99. The summed E-state index contributed by atoms with van der Waals surface area (Å²) >= 11 is 0. The lowest BCUT2D eigenvalue weighted by molar-refractivity contribution is -0.148. The number of para-hydroxylation sites is 1. The van der Waals surface area contributed by atoms with E-state index in [4.69, 9.17) is 9.47 Å². The van der Waals surface area contributed by atoms with Crippen LogP contribution in [-0.4, -0.2) is 0 Å². The van der Waals surface area contributed by atoms with Crippen LogP contribution in [0.25, 0.3) is 11.1 Å². The monoisotopic (exact) mass is 500 g/mol. The second kappa shape index (κ2) is 8.33. The third kappa shape index (κ3) is 3.96. The Kier molecular flexibility index (Phi) is 5.50. The van der Waals surface area contributed by atoms with Crippen LogP contribution < -0.4 is 9.47 Å². The number of fused-ring (bicyclic) bond motifs is 3. The van der Waals surface area contributed by atoms with Crippen molar-refractivity contribution in [1.29, 1.82) is 0 Å². The maximum absolute atomic E-state index is 14.0. The summed E-state index contributed by atoms with van der Waals surface area (Å²) in [4.78, 5) is 0. The van der Waals surface area contributed by atoms with E-state index >= 15 is 0 Å². The first-order chi connectivity index (χ1) is 17.0. The molecule has 0 unspecified atom stereocenters. The maximum atomic E-state index is 14.0. The van der Waals surface area contributed by atoms with Crippen molar-refractivity contribution >= 4 is 0 Å². The first-order valence-corrected chi connectivity index (χ1v) is 10.9. The SMILES string of the molecule is Cc1ccc(OC2(Oc3ccccc3C(F)(F)F)c3ccccc3-c3ccccc32)c(C(F)(F)F)c1. The van der Waals surface area contributed by atoms with Crippen LogP contribution in [0.2, 0.25) is 0 Å². The van der Waals surface area contributed by atoms with Gasteiger partial charge in [-0.2, -0.15) is 26.3 Å². The fourth-order valence-electron chi connectivity index (χ4n) is 4.45. The predicted molar refractivity (Wildman–Crippen MR) is 122 cm³/mol. The van der Waals surface area contributed by atoms with Gasteiger partial charge in [-0.25, -0.2) is 0 Å². The lowest BCUT2D eigenvalue weighted by Gasteiger charge is -2.34. The van der Waals surface area contributed by atoms with Gasteiger partial charge in [0.25, 0.3) is 0 Å². The zero-order valence-corrected chi connectivity index (χ0v) is 18.7. The van der Waals surface area contributed by atoms with Crippen molar-refractivity contribution in [2.45, 2.75) is 25.1 Å². The van der Waals surface area contributed by atoms with Crippen molar-refractivity contribution in [3.63, 3.8) is 0 Å². The molecule has 184 valence electrons. The van der Waals surface area contributed by atoms with Crippen LogP contribution in [0.15, 0.2) is 91.0 Å².